The average molecular weight is 636 g/mol. The average Bonchev–Trinajstić information content (AvgIpc) is 3.18. The first-order valence-electron chi connectivity index (χ1n) is 15.1. The maximum absolute atomic E-state index is 13.7. The Morgan fingerprint density at radius 3 is 2.31 bits per heavy atom. The first-order valence-corrected chi connectivity index (χ1v) is 16.1. The van der Waals surface area contributed by atoms with Crippen LogP contribution in [0.2, 0.25) is 0 Å². The van der Waals surface area contributed by atoms with Crippen LogP contribution in [0.1, 0.15) is 63.1 Å². The number of ketones is 1. The summed E-state index contributed by atoms with van der Waals surface area (Å²) < 4.78 is 21.8. The molecule has 0 saturated carbocycles. The lowest BCUT2D eigenvalue weighted by Crippen LogP contribution is -2.42. The zero-order valence-corrected chi connectivity index (χ0v) is 27.5. The van der Waals surface area contributed by atoms with Crippen molar-refractivity contribution in [1.29, 1.82) is 0 Å². The zero-order valence-electron chi connectivity index (χ0n) is 26.6. The van der Waals surface area contributed by atoms with Gasteiger partial charge in [-0.3, -0.25) is 4.79 Å². The molecule has 45 heavy (non-hydrogen) atoms. The van der Waals surface area contributed by atoms with E-state index in [1.165, 1.54) is 20.3 Å². The Kier molecular flexibility index (Phi) is 11.1. The van der Waals surface area contributed by atoms with E-state index in [1.54, 1.807) is 32.5 Å². The van der Waals surface area contributed by atoms with E-state index in [1.807, 2.05) is 49.4 Å². The number of benzene rings is 2. The summed E-state index contributed by atoms with van der Waals surface area (Å²) in [5, 5.41) is 2.92. The Morgan fingerprint density at radius 2 is 1.64 bits per heavy atom. The summed E-state index contributed by atoms with van der Waals surface area (Å²) in [4.78, 5) is 54.5. The van der Waals surface area contributed by atoms with Gasteiger partial charge in [-0.25, -0.2) is 14.4 Å². The molecule has 3 atom stereocenters. The van der Waals surface area contributed by atoms with Crippen LogP contribution in [0.3, 0.4) is 0 Å². The number of ether oxygens (including phenoxy) is 4. The number of rotatable bonds is 10. The number of hydrogen-bond donors (Lipinski definition) is 1. The smallest absolute Gasteiger partial charge is 0.407 e. The van der Waals surface area contributed by atoms with Crippen molar-refractivity contribution >= 4 is 35.6 Å². The first-order chi connectivity index (χ1) is 21.5. The summed E-state index contributed by atoms with van der Waals surface area (Å²) in [6.07, 6.45) is 2.24. The predicted molar refractivity (Wildman–Crippen MR) is 171 cm³/mol. The van der Waals surface area contributed by atoms with Gasteiger partial charge >= 0.3 is 18.0 Å². The first kappa shape index (κ1) is 33.8. The minimum Gasteiger partial charge on any atom is -0.489 e. The van der Waals surface area contributed by atoms with E-state index in [2.05, 4.69) is 11.4 Å². The number of fused-ring (bicyclic) bond motifs is 2. The van der Waals surface area contributed by atoms with Crippen LogP contribution in [0.15, 0.2) is 76.4 Å². The summed E-state index contributed by atoms with van der Waals surface area (Å²) in [7, 11) is 2.43. The minimum atomic E-state index is -0.898. The fourth-order valence-corrected chi connectivity index (χ4v) is 6.84. The third kappa shape index (κ3) is 7.79. The second-order valence-corrected chi connectivity index (χ2v) is 12.9. The number of carbonyl (C=O) groups is 4. The van der Waals surface area contributed by atoms with Crippen LogP contribution < -0.4 is 5.32 Å². The number of carbonyl (C=O) groups excluding carboxylic acids is 4. The van der Waals surface area contributed by atoms with Gasteiger partial charge in [-0.1, -0.05) is 61.9 Å². The lowest BCUT2D eigenvalue weighted by Gasteiger charge is -2.37. The highest BCUT2D eigenvalue weighted by Gasteiger charge is 2.45. The van der Waals surface area contributed by atoms with Crippen molar-refractivity contribution in [3.8, 4) is 0 Å². The zero-order chi connectivity index (χ0) is 32.7. The molecule has 1 aliphatic carbocycles. The van der Waals surface area contributed by atoms with Crippen molar-refractivity contribution in [2.75, 3.05) is 27.4 Å². The number of nitrogens with one attached hydrogen (secondary N) is 1. The number of amides is 1. The molecule has 0 saturated heterocycles. The number of allylic oxidation sites excluding steroid dienone is 2. The van der Waals surface area contributed by atoms with Gasteiger partial charge in [0, 0.05) is 29.0 Å². The van der Waals surface area contributed by atoms with Crippen LogP contribution in [0.5, 0.6) is 0 Å². The predicted octanol–water partition coefficient (Wildman–Crippen LogP) is 6.11. The van der Waals surface area contributed by atoms with Crippen LogP contribution in [-0.4, -0.2) is 56.8 Å². The van der Waals surface area contributed by atoms with Gasteiger partial charge in [-0.15, -0.1) is 11.8 Å². The van der Waals surface area contributed by atoms with Gasteiger partial charge < -0.3 is 24.3 Å². The molecule has 0 spiro atoms. The Bertz CT molecular complexity index is 1460. The molecule has 10 heteroatoms. The Morgan fingerprint density at radius 1 is 0.978 bits per heavy atom. The molecule has 0 fully saturated rings. The van der Waals surface area contributed by atoms with E-state index in [-0.39, 0.29) is 36.0 Å². The van der Waals surface area contributed by atoms with E-state index in [4.69, 9.17) is 18.9 Å². The maximum Gasteiger partial charge on any atom is 0.407 e. The van der Waals surface area contributed by atoms with Gasteiger partial charge in [0.15, 0.2) is 5.76 Å². The van der Waals surface area contributed by atoms with Crippen molar-refractivity contribution < 1.29 is 38.1 Å². The third-order valence-electron chi connectivity index (χ3n) is 7.73. The number of esters is 2. The Hall–Kier alpha value is -4.05. The van der Waals surface area contributed by atoms with Crippen LogP contribution in [0, 0.1) is 11.8 Å². The van der Waals surface area contributed by atoms with Crippen LogP contribution in [-0.2, 0) is 39.1 Å². The van der Waals surface area contributed by atoms with Gasteiger partial charge in [0.25, 0.3) is 0 Å². The number of Topliss-reactive ketones (excluding diaryl/α,β-unsaturated/α-hetero) is 1. The third-order valence-corrected chi connectivity index (χ3v) is 8.87. The van der Waals surface area contributed by atoms with E-state index >= 15 is 0 Å². The summed E-state index contributed by atoms with van der Waals surface area (Å²) >= 11 is 1.70. The highest BCUT2D eigenvalue weighted by molar-refractivity contribution is 7.98. The Balaban J connectivity index is 1.99. The quantitative estimate of drug-likeness (QED) is 0.143. The highest BCUT2D eigenvalue weighted by Crippen LogP contribution is 2.48. The molecule has 2 unspecified atom stereocenters. The molecular formula is C35H41NO8S. The van der Waals surface area contributed by atoms with Crippen LogP contribution in [0.4, 0.5) is 4.79 Å². The van der Waals surface area contributed by atoms with Gasteiger partial charge in [-0.05, 0) is 55.9 Å². The highest BCUT2D eigenvalue weighted by atomic mass is 32.2. The van der Waals surface area contributed by atoms with E-state index in [9.17, 15) is 19.2 Å². The number of alkyl carbamates (subject to hydrolysis) is 1. The molecule has 1 heterocycles. The van der Waals surface area contributed by atoms with Gasteiger partial charge in [0.2, 0.25) is 5.78 Å². The topological polar surface area (TPSA) is 117 Å². The van der Waals surface area contributed by atoms with Crippen molar-refractivity contribution in [2.45, 2.75) is 62.7 Å². The molecule has 2 aromatic carbocycles. The number of unbranched alkanes of at least 4 members (excludes halogenated alkanes) is 1. The second kappa shape index (κ2) is 14.8. The maximum atomic E-state index is 13.7. The Labute approximate surface area is 268 Å². The molecule has 9 nitrogen and oxygen atoms in total. The molecule has 1 aliphatic heterocycles. The van der Waals surface area contributed by atoms with Gasteiger partial charge in [0.05, 0.1) is 26.4 Å². The lowest BCUT2D eigenvalue weighted by molar-refractivity contribution is -0.140. The van der Waals surface area contributed by atoms with E-state index in [0.29, 0.717) is 12.2 Å². The molecule has 0 radical (unpaired) electrons. The summed E-state index contributed by atoms with van der Waals surface area (Å²) in [5.74, 6) is -3.76. The normalized spacial score (nSPS) is 18.4. The monoisotopic (exact) mass is 635 g/mol. The molecule has 240 valence electrons. The standard InChI is InChI=1S/C35H41NO8S/c1-7-8-17-43-31-29(33(39)42-6)24(18-25(30(31)37)32(38)41-5)26(19-36-34(40)44-35(2,3)4)28-22-14-10-9-13-21(22)20-45-27-16-12-11-15-23(27)28/h9-16,18,24,26,28H,7-8,17,19-20H2,1-6H3,(H,36,40)/t24?,26-,28?/m0/s1. The van der Waals surface area contributed by atoms with Crippen molar-refractivity contribution in [3.63, 3.8) is 0 Å². The van der Waals surface area contributed by atoms with E-state index in [0.717, 1.165) is 28.0 Å². The number of methoxy groups -OCH3 is 2. The van der Waals surface area contributed by atoms with Gasteiger partial charge in [-0.2, -0.15) is 0 Å². The van der Waals surface area contributed by atoms with E-state index < -0.39 is 41.3 Å². The van der Waals surface area contributed by atoms with Crippen molar-refractivity contribution in [3.05, 3.63) is 88.2 Å². The fraction of sp³-hybridized carbons (Fsp3) is 0.429. The SMILES string of the molecule is CCCCOC1=C(C(=O)OC)C([C@H](CNC(=O)OC(C)(C)C)C2c3ccccc3CSc3ccccc32)C=C(C(=O)OC)C1=O. The summed E-state index contributed by atoms with van der Waals surface area (Å²) in [5.41, 5.74) is 2.10. The molecular weight excluding hydrogens is 594 g/mol. The fourth-order valence-electron chi connectivity index (χ4n) is 5.73. The van der Waals surface area contributed by atoms with Crippen molar-refractivity contribution in [1.82, 2.24) is 5.32 Å². The number of thioether (sulfide) groups is 1. The van der Waals surface area contributed by atoms with Gasteiger partial charge in [0.1, 0.15) is 11.2 Å². The molecule has 1 amide bonds. The second-order valence-electron chi connectivity index (χ2n) is 11.9. The number of hydrogen-bond acceptors (Lipinski definition) is 9. The molecule has 0 bridgehead atoms. The molecule has 4 rings (SSSR count). The van der Waals surface area contributed by atoms with Crippen molar-refractivity contribution in [2.24, 2.45) is 11.8 Å². The molecule has 1 N–H and O–H groups in total. The van der Waals surface area contributed by atoms with Crippen LogP contribution in [0.25, 0.3) is 0 Å². The summed E-state index contributed by atoms with van der Waals surface area (Å²) in [6, 6.07) is 16.1. The molecule has 0 aromatic heterocycles. The minimum absolute atomic E-state index is 0.00546. The lowest BCUT2D eigenvalue weighted by atomic mass is 9.68. The van der Waals surface area contributed by atoms with Crippen LogP contribution >= 0.6 is 11.8 Å². The molecule has 2 aliphatic rings. The largest absolute Gasteiger partial charge is 0.489 e. The molecule has 2 aromatic rings. The summed E-state index contributed by atoms with van der Waals surface area (Å²) in [6.45, 7) is 7.48.